The van der Waals surface area contributed by atoms with Crippen molar-refractivity contribution in [3.8, 4) is 0 Å². The molecule has 0 aliphatic heterocycles. The highest BCUT2D eigenvalue weighted by Gasteiger charge is 2.25. The first-order valence-electron chi connectivity index (χ1n) is 6.75. The van der Waals surface area contributed by atoms with E-state index in [0.29, 0.717) is 36.6 Å². The van der Waals surface area contributed by atoms with Crippen LogP contribution in [0.3, 0.4) is 0 Å². The molecule has 2 aromatic rings. The van der Waals surface area contributed by atoms with E-state index < -0.39 is 0 Å². The van der Waals surface area contributed by atoms with Crippen molar-refractivity contribution < 1.29 is 4.92 Å². The third-order valence-electron chi connectivity index (χ3n) is 3.30. The molecule has 8 nitrogen and oxygen atoms in total. The minimum absolute atomic E-state index is 0.117. The number of anilines is 1. The van der Waals surface area contributed by atoms with Crippen LogP contribution in [0.2, 0.25) is 0 Å². The maximum absolute atomic E-state index is 11.3. The van der Waals surface area contributed by atoms with Crippen LogP contribution in [0.25, 0.3) is 0 Å². The molecule has 0 saturated heterocycles. The topological polar surface area (TPSA) is 112 Å². The van der Waals surface area contributed by atoms with E-state index in [1.165, 1.54) is 0 Å². The quantitative estimate of drug-likeness (QED) is 0.475. The molecule has 2 aromatic heterocycles. The number of hydrogen-bond donors (Lipinski definition) is 2. The molecule has 0 unspecified atom stereocenters. The zero-order valence-electron chi connectivity index (χ0n) is 12.0. The van der Waals surface area contributed by atoms with E-state index >= 15 is 0 Å². The summed E-state index contributed by atoms with van der Waals surface area (Å²) in [5, 5.41) is 15.6. The lowest BCUT2D eigenvalue weighted by Gasteiger charge is -2.09. The number of nitrogens with zero attached hydrogens (tertiary/aromatic N) is 4. The van der Waals surface area contributed by atoms with E-state index in [-0.39, 0.29) is 10.6 Å². The first-order valence-corrected chi connectivity index (χ1v) is 6.75. The zero-order chi connectivity index (χ0) is 15.4. The number of hydrogen-bond acceptors (Lipinski definition) is 6. The van der Waals surface area contributed by atoms with Gasteiger partial charge in [-0.2, -0.15) is 5.10 Å². The van der Waals surface area contributed by atoms with E-state index in [1.807, 2.05) is 19.9 Å². The molecular formula is C13H18N6O2. The average molecular weight is 290 g/mol. The standard InChI is InChI=1S/C13H18N6O2/c1-3-10-12(19(20)21)11(4-2)18(17-10)8-9-6-5-7-15-13(9)16-14/h5-7H,3-4,8,14H2,1-2H3,(H,15,16). The molecule has 0 amide bonds. The number of rotatable bonds is 6. The SMILES string of the molecule is CCc1nn(Cc2cccnc2NN)c(CC)c1[N+](=O)[O-]. The highest BCUT2D eigenvalue weighted by atomic mass is 16.6. The number of nitro groups is 1. The van der Waals surface area contributed by atoms with Gasteiger partial charge in [-0.1, -0.05) is 19.9 Å². The third-order valence-corrected chi connectivity index (χ3v) is 3.30. The Kier molecular flexibility index (Phi) is 4.49. The molecule has 3 N–H and O–H groups in total. The minimum atomic E-state index is -0.355. The number of hydrazine groups is 1. The van der Waals surface area contributed by atoms with Gasteiger partial charge >= 0.3 is 5.69 Å². The highest BCUT2D eigenvalue weighted by molar-refractivity contribution is 5.45. The van der Waals surface area contributed by atoms with E-state index in [0.717, 1.165) is 5.56 Å². The van der Waals surface area contributed by atoms with Crippen LogP contribution in [0, 0.1) is 10.1 Å². The van der Waals surface area contributed by atoms with Crippen LogP contribution < -0.4 is 11.3 Å². The maximum atomic E-state index is 11.3. The van der Waals surface area contributed by atoms with Gasteiger partial charge in [-0.15, -0.1) is 0 Å². The fraction of sp³-hybridized carbons (Fsp3) is 0.385. The lowest BCUT2D eigenvalue weighted by Crippen LogP contribution is -2.14. The number of nitrogens with one attached hydrogen (secondary N) is 1. The predicted octanol–water partition coefficient (Wildman–Crippen LogP) is 1.64. The van der Waals surface area contributed by atoms with Gasteiger partial charge < -0.3 is 5.43 Å². The van der Waals surface area contributed by atoms with Gasteiger partial charge in [-0.25, -0.2) is 10.8 Å². The number of pyridine rings is 1. The second kappa shape index (κ2) is 6.31. The van der Waals surface area contributed by atoms with Gasteiger partial charge in [-0.05, 0) is 18.9 Å². The van der Waals surface area contributed by atoms with E-state index in [4.69, 9.17) is 5.84 Å². The minimum Gasteiger partial charge on any atom is -0.308 e. The molecule has 112 valence electrons. The van der Waals surface area contributed by atoms with Crippen LogP contribution in [0.1, 0.15) is 30.8 Å². The molecule has 2 rings (SSSR count). The molecule has 2 heterocycles. The van der Waals surface area contributed by atoms with Gasteiger partial charge in [0.05, 0.1) is 11.5 Å². The Hall–Kier alpha value is -2.48. The summed E-state index contributed by atoms with van der Waals surface area (Å²) in [6.45, 7) is 4.12. The summed E-state index contributed by atoms with van der Waals surface area (Å²) >= 11 is 0. The predicted molar refractivity (Wildman–Crippen MR) is 78.8 cm³/mol. The molecule has 0 aromatic carbocycles. The third kappa shape index (κ3) is 2.84. The van der Waals surface area contributed by atoms with Crippen LogP contribution >= 0.6 is 0 Å². The Labute approximate surface area is 122 Å². The Bertz CT molecular complexity index is 652. The zero-order valence-corrected chi connectivity index (χ0v) is 12.0. The van der Waals surface area contributed by atoms with Gasteiger partial charge in [0.1, 0.15) is 17.2 Å². The van der Waals surface area contributed by atoms with Crippen molar-refractivity contribution in [3.05, 3.63) is 45.4 Å². The van der Waals surface area contributed by atoms with Crippen molar-refractivity contribution in [2.75, 3.05) is 5.43 Å². The fourth-order valence-electron chi connectivity index (χ4n) is 2.33. The molecule has 0 radical (unpaired) electrons. The maximum Gasteiger partial charge on any atom is 0.313 e. The van der Waals surface area contributed by atoms with Crippen molar-refractivity contribution >= 4 is 11.5 Å². The molecule has 0 atom stereocenters. The molecule has 0 saturated carbocycles. The summed E-state index contributed by atoms with van der Waals surface area (Å²) in [6, 6.07) is 3.65. The normalized spacial score (nSPS) is 10.6. The summed E-state index contributed by atoms with van der Waals surface area (Å²) < 4.78 is 1.66. The first kappa shape index (κ1) is 14.9. The largest absolute Gasteiger partial charge is 0.313 e. The van der Waals surface area contributed by atoms with Gasteiger partial charge in [0, 0.05) is 11.8 Å². The second-order valence-corrected chi connectivity index (χ2v) is 4.52. The van der Waals surface area contributed by atoms with Crippen molar-refractivity contribution in [1.29, 1.82) is 0 Å². The molecule has 0 fully saturated rings. The number of aromatic nitrogens is 3. The van der Waals surface area contributed by atoms with E-state index in [1.54, 1.807) is 16.9 Å². The molecule has 0 bridgehead atoms. The van der Waals surface area contributed by atoms with Crippen LogP contribution in [0.15, 0.2) is 18.3 Å². The summed E-state index contributed by atoms with van der Waals surface area (Å²) in [7, 11) is 0. The summed E-state index contributed by atoms with van der Waals surface area (Å²) in [5.74, 6) is 5.97. The van der Waals surface area contributed by atoms with Crippen molar-refractivity contribution in [3.63, 3.8) is 0 Å². The van der Waals surface area contributed by atoms with Crippen LogP contribution in [0.4, 0.5) is 11.5 Å². The van der Waals surface area contributed by atoms with Crippen molar-refractivity contribution in [1.82, 2.24) is 14.8 Å². The summed E-state index contributed by atoms with van der Waals surface area (Å²) in [6.07, 6.45) is 2.68. The van der Waals surface area contributed by atoms with Gasteiger partial charge in [0.2, 0.25) is 0 Å². The van der Waals surface area contributed by atoms with Gasteiger partial charge in [0.25, 0.3) is 0 Å². The Balaban J connectivity index is 2.47. The smallest absolute Gasteiger partial charge is 0.308 e. The van der Waals surface area contributed by atoms with Crippen LogP contribution in [0.5, 0.6) is 0 Å². The van der Waals surface area contributed by atoms with Crippen molar-refractivity contribution in [2.45, 2.75) is 33.2 Å². The van der Waals surface area contributed by atoms with Gasteiger partial charge in [0.15, 0.2) is 0 Å². The number of nitrogens with two attached hydrogens (primary N) is 1. The Morgan fingerprint density at radius 1 is 1.43 bits per heavy atom. The lowest BCUT2D eigenvalue weighted by atomic mass is 10.2. The first-order chi connectivity index (χ1) is 10.1. The summed E-state index contributed by atoms with van der Waals surface area (Å²) in [4.78, 5) is 15.0. The molecule has 0 aliphatic carbocycles. The highest BCUT2D eigenvalue weighted by Crippen LogP contribution is 2.26. The molecule has 21 heavy (non-hydrogen) atoms. The molecule has 8 heteroatoms. The molecule has 0 spiro atoms. The number of aryl methyl sites for hydroxylation is 1. The van der Waals surface area contributed by atoms with Crippen LogP contribution in [-0.4, -0.2) is 19.7 Å². The van der Waals surface area contributed by atoms with E-state index in [9.17, 15) is 10.1 Å². The Morgan fingerprint density at radius 3 is 2.76 bits per heavy atom. The fourth-order valence-corrected chi connectivity index (χ4v) is 2.33. The Morgan fingerprint density at radius 2 is 2.19 bits per heavy atom. The van der Waals surface area contributed by atoms with Crippen molar-refractivity contribution in [2.24, 2.45) is 5.84 Å². The monoisotopic (exact) mass is 290 g/mol. The second-order valence-electron chi connectivity index (χ2n) is 4.52. The molecular weight excluding hydrogens is 272 g/mol. The van der Waals surface area contributed by atoms with E-state index in [2.05, 4.69) is 15.5 Å². The average Bonchev–Trinajstić information content (AvgIpc) is 2.85. The van der Waals surface area contributed by atoms with Gasteiger partial charge in [-0.3, -0.25) is 14.8 Å². The molecule has 0 aliphatic rings. The lowest BCUT2D eigenvalue weighted by molar-refractivity contribution is -0.386. The summed E-state index contributed by atoms with van der Waals surface area (Å²) in [5.41, 5.74) is 4.59. The number of nitrogen functional groups attached to an aromatic ring is 1. The van der Waals surface area contributed by atoms with Crippen LogP contribution in [-0.2, 0) is 19.4 Å².